The third-order valence-corrected chi connectivity index (χ3v) is 5.16. The van der Waals surface area contributed by atoms with Gasteiger partial charge in [-0.1, -0.05) is 36.9 Å². The van der Waals surface area contributed by atoms with Crippen LogP contribution in [0.5, 0.6) is 0 Å². The zero-order valence-electron chi connectivity index (χ0n) is 15.8. The number of hydrogen-bond acceptors (Lipinski definition) is 8. The molecule has 1 aromatic carbocycles. The lowest BCUT2D eigenvalue weighted by Gasteiger charge is -2.08. The number of rotatable bonds is 9. The molecule has 1 aromatic heterocycles. The van der Waals surface area contributed by atoms with Crippen molar-refractivity contribution in [1.29, 1.82) is 0 Å². The van der Waals surface area contributed by atoms with Crippen molar-refractivity contribution in [2.75, 3.05) is 22.9 Å². The molecule has 146 valence electrons. The van der Waals surface area contributed by atoms with Gasteiger partial charge in [-0.3, -0.25) is 4.79 Å². The van der Waals surface area contributed by atoms with Gasteiger partial charge in [-0.2, -0.15) is 0 Å². The van der Waals surface area contributed by atoms with Crippen LogP contribution in [0.1, 0.15) is 38.1 Å². The molecule has 27 heavy (non-hydrogen) atoms. The van der Waals surface area contributed by atoms with Gasteiger partial charge < -0.3 is 15.4 Å². The number of aromatic nitrogens is 2. The monoisotopic (exact) mass is 408 g/mol. The van der Waals surface area contributed by atoms with Gasteiger partial charge in [-0.15, -0.1) is 10.2 Å². The van der Waals surface area contributed by atoms with E-state index in [0.29, 0.717) is 17.2 Å². The molecular formula is C18H24N4O3S2. The van der Waals surface area contributed by atoms with E-state index >= 15 is 0 Å². The van der Waals surface area contributed by atoms with Crippen molar-refractivity contribution in [3.63, 3.8) is 0 Å². The third-order valence-electron chi connectivity index (χ3n) is 3.14. The Kier molecular flexibility index (Phi) is 8.05. The molecule has 7 nitrogen and oxygen atoms in total. The Morgan fingerprint density at radius 3 is 2.48 bits per heavy atom. The molecule has 0 aliphatic carbocycles. The van der Waals surface area contributed by atoms with Crippen LogP contribution in [0.3, 0.4) is 0 Å². The van der Waals surface area contributed by atoms with Crippen molar-refractivity contribution >= 4 is 45.8 Å². The van der Waals surface area contributed by atoms with E-state index in [4.69, 9.17) is 4.74 Å². The zero-order chi connectivity index (χ0) is 19.8. The molecule has 9 heteroatoms. The predicted molar refractivity (Wildman–Crippen MR) is 110 cm³/mol. The first-order valence-electron chi connectivity index (χ1n) is 8.64. The van der Waals surface area contributed by atoms with Crippen molar-refractivity contribution in [3.8, 4) is 0 Å². The first-order valence-corrected chi connectivity index (χ1v) is 10.4. The van der Waals surface area contributed by atoms with E-state index in [9.17, 15) is 9.59 Å². The Morgan fingerprint density at radius 1 is 1.15 bits per heavy atom. The summed E-state index contributed by atoms with van der Waals surface area (Å²) < 4.78 is 5.87. The highest BCUT2D eigenvalue weighted by atomic mass is 32.2. The maximum Gasteiger partial charge on any atom is 0.338 e. The third kappa shape index (κ3) is 7.56. The van der Waals surface area contributed by atoms with Crippen LogP contribution in [-0.2, 0) is 9.53 Å². The highest BCUT2D eigenvalue weighted by Crippen LogP contribution is 2.25. The van der Waals surface area contributed by atoms with Crippen LogP contribution in [0.2, 0.25) is 0 Å². The second-order valence-corrected chi connectivity index (χ2v) is 8.72. The largest absolute Gasteiger partial charge is 0.459 e. The molecule has 0 spiro atoms. The summed E-state index contributed by atoms with van der Waals surface area (Å²) in [6.45, 7) is 8.67. The van der Waals surface area contributed by atoms with Gasteiger partial charge in [0.15, 0.2) is 4.34 Å². The van der Waals surface area contributed by atoms with Gasteiger partial charge in [0, 0.05) is 12.2 Å². The van der Waals surface area contributed by atoms with Crippen molar-refractivity contribution < 1.29 is 14.3 Å². The average molecular weight is 409 g/mol. The standard InChI is InChI=1S/C18H24N4O3S2/c1-11(2)9-19-17-21-22-18(27-17)26-10-15(23)20-14-7-5-13(6-8-14)16(24)25-12(3)4/h5-8,11-12H,9-10H2,1-4H3,(H,19,21)(H,20,23). The lowest BCUT2D eigenvalue weighted by atomic mass is 10.2. The Morgan fingerprint density at radius 2 is 1.85 bits per heavy atom. The topological polar surface area (TPSA) is 93.2 Å². The number of nitrogens with one attached hydrogen (secondary N) is 2. The van der Waals surface area contributed by atoms with Gasteiger partial charge in [0.1, 0.15) is 0 Å². The maximum atomic E-state index is 12.1. The van der Waals surface area contributed by atoms with Crippen LogP contribution < -0.4 is 10.6 Å². The number of amides is 1. The van der Waals surface area contributed by atoms with Crippen LogP contribution in [0.15, 0.2) is 28.6 Å². The Labute approximate surface area is 167 Å². The molecule has 0 atom stereocenters. The summed E-state index contributed by atoms with van der Waals surface area (Å²) in [5.41, 5.74) is 1.07. The Bertz CT molecular complexity index is 760. The van der Waals surface area contributed by atoms with E-state index in [1.807, 2.05) is 0 Å². The van der Waals surface area contributed by atoms with Crippen molar-refractivity contribution in [2.45, 2.75) is 38.1 Å². The smallest absolute Gasteiger partial charge is 0.338 e. The van der Waals surface area contributed by atoms with Crippen LogP contribution in [-0.4, -0.2) is 40.5 Å². The fourth-order valence-corrected chi connectivity index (χ4v) is 3.49. The number of benzene rings is 1. The van der Waals surface area contributed by atoms with Gasteiger partial charge in [-0.05, 0) is 44.0 Å². The van der Waals surface area contributed by atoms with E-state index in [1.54, 1.807) is 38.1 Å². The Balaban J connectivity index is 1.79. The zero-order valence-corrected chi connectivity index (χ0v) is 17.4. The quantitative estimate of drug-likeness (QED) is 0.480. The van der Waals surface area contributed by atoms with Crippen LogP contribution in [0.25, 0.3) is 0 Å². The summed E-state index contributed by atoms with van der Waals surface area (Å²) in [5, 5.41) is 14.9. The number of hydrogen-bond donors (Lipinski definition) is 2. The van der Waals surface area contributed by atoms with Gasteiger partial charge in [-0.25, -0.2) is 4.79 Å². The normalized spacial score (nSPS) is 10.9. The number of anilines is 2. The number of ether oxygens (including phenoxy) is 1. The molecule has 0 bridgehead atoms. The number of thioether (sulfide) groups is 1. The van der Waals surface area contributed by atoms with Crippen LogP contribution >= 0.6 is 23.1 Å². The number of carbonyl (C=O) groups excluding carboxylic acids is 2. The summed E-state index contributed by atoms with van der Waals surface area (Å²) in [5.74, 6) is 0.228. The van der Waals surface area contributed by atoms with Gasteiger partial charge in [0.25, 0.3) is 0 Å². The highest BCUT2D eigenvalue weighted by Gasteiger charge is 2.11. The number of esters is 1. The summed E-state index contributed by atoms with van der Waals surface area (Å²) in [6, 6.07) is 6.62. The van der Waals surface area contributed by atoms with E-state index < -0.39 is 0 Å². The molecule has 0 aliphatic rings. The Hall–Kier alpha value is -2.13. The highest BCUT2D eigenvalue weighted by molar-refractivity contribution is 8.01. The van der Waals surface area contributed by atoms with Crippen molar-refractivity contribution in [2.24, 2.45) is 5.92 Å². The molecular weight excluding hydrogens is 384 g/mol. The number of nitrogens with zero attached hydrogens (tertiary/aromatic N) is 2. The first kappa shape index (κ1) is 21.2. The summed E-state index contributed by atoms with van der Waals surface area (Å²) >= 11 is 2.77. The molecule has 0 unspecified atom stereocenters. The fraction of sp³-hybridized carbons (Fsp3) is 0.444. The molecule has 0 fully saturated rings. The van der Waals surface area contributed by atoms with Gasteiger partial charge in [0.05, 0.1) is 17.4 Å². The summed E-state index contributed by atoms with van der Waals surface area (Å²) in [6.07, 6.45) is -0.171. The van der Waals surface area contributed by atoms with Gasteiger partial charge >= 0.3 is 5.97 Å². The van der Waals surface area contributed by atoms with E-state index in [1.165, 1.54) is 23.1 Å². The second kappa shape index (κ2) is 10.3. The molecule has 1 amide bonds. The summed E-state index contributed by atoms with van der Waals surface area (Å²) in [4.78, 5) is 23.9. The van der Waals surface area contributed by atoms with E-state index in [2.05, 4.69) is 34.7 Å². The number of carbonyl (C=O) groups is 2. The van der Waals surface area contributed by atoms with Crippen LogP contribution in [0, 0.1) is 5.92 Å². The average Bonchev–Trinajstić information content (AvgIpc) is 3.06. The molecule has 0 saturated heterocycles. The van der Waals surface area contributed by atoms with Crippen molar-refractivity contribution in [3.05, 3.63) is 29.8 Å². The molecule has 2 N–H and O–H groups in total. The summed E-state index contributed by atoms with van der Waals surface area (Å²) in [7, 11) is 0. The lowest BCUT2D eigenvalue weighted by molar-refractivity contribution is -0.113. The molecule has 0 radical (unpaired) electrons. The molecule has 2 aromatic rings. The minimum Gasteiger partial charge on any atom is -0.459 e. The minimum absolute atomic E-state index is 0.149. The predicted octanol–water partition coefficient (Wildman–Crippen LogP) is 3.90. The molecule has 1 heterocycles. The van der Waals surface area contributed by atoms with Gasteiger partial charge in [0.2, 0.25) is 11.0 Å². The van der Waals surface area contributed by atoms with E-state index in [-0.39, 0.29) is 23.7 Å². The SMILES string of the molecule is CC(C)CNc1nnc(SCC(=O)Nc2ccc(C(=O)OC(C)C)cc2)s1. The molecule has 0 aliphatic heterocycles. The first-order chi connectivity index (χ1) is 12.8. The van der Waals surface area contributed by atoms with Crippen molar-refractivity contribution in [1.82, 2.24) is 10.2 Å². The second-order valence-electron chi connectivity index (χ2n) is 6.52. The molecule has 2 rings (SSSR count). The fourth-order valence-electron chi connectivity index (χ4n) is 1.93. The minimum atomic E-state index is -0.378. The maximum absolute atomic E-state index is 12.1. The lowest BCUT2D eigenvalue weighted by Crippen LogP contribution is -2.14. The molecule has 0 saturated carbocycles. The van der Waals surface area contributed by atoms with Crippen LogP contribution in [0.4, 0.5) is 10.8 Å². The van der Waals surface area contributed by atoms with E-state index in [0.717, 1.165) is 16.0 Å².